The van der Waals surface area contributed by atoms with Crippen LogP contribution in [0.2, 0.25) is 0 Å². The van der Waals surface area contributed by atoms with E-state index in [9.17, 15) is 28.8 Å². The van der Waals surface area contributed by atoms with E-state index in [1.165, 1.54) is 0 Å². The second-order valence-electron chi connectivity index (χ2n) is 16.9. The first-order valence-corrected chi connectivity index (χ1v) is 23.0. The van der Waals surface area contributed by atoms with Crippen molar-refractivity contribution in [2.75, 3.05) is 39.5 Å². The van der Waals surface area contributed by atoms with E-state index in [4.69, 9.17) is 18.9 Å². The van der Waals surface area contributed by atoms with Crippen LogP contribution < -0.4 is 42.5 Å². The normalized spacial score (nSPS) is 18.1. The molecule has 342 valence electrons. The third-order valence-electron chi connectivity index (χ3n) is 11.7. The number of rotatable bonds is 21. The van der Waals surface area contributed by atoms with Gasteiger partial charge >= 0.3 is 36.4 Å². The van der Waals surface area contributed by atoms with Crippen molar-refractivity contribution >= 4 is 36.4 Å². The Balaban J connectivity index is 1.10. The number of hydrogen-bond acceptors (Lipinski definition) is 10. The Labute approximate surface area is 356 Å². The first-order valence-electron chi connectivity index (χ1n) is 23.0. The fourth-order valence-electron chi connectivity index (χ4n) is 8.27. The Hall–Kier alpha value is -4.38. The number of amides is 8. The monoisotopic (exact) mass is 851 g/mol. The van der Waals surface area contributed by atoms with Crippen LogP contribution >= 0.6 is 0 Å². The lowest BCUT2D eigenvalue weighted by atomic mass is 9.96. The van der Waals surface area contributed by atoms with E-state index in [1.54, 1.807) is 0 Å². The van der Waals surface area contributed by atoms with Crippen molar-refractivity contribution in [1.29, 1.82) is 0 Å². The molecule has 60 heavy (non-hydrogen) atoms. The highest BCUT2D eigenvalue weighted by molar-refractivity contribution is 5.75. The molecule has 4 fully saturated rings. The topological polar surface area (TPSA) is 236 Å². The Morgan fingerprint density at radius 1 is 0.367 bits per heavy atom. The van der Waals surface area contributed by atoms with Crippen LogP contribution in [0.3, 0.4) is 0 Å². The van der Waals surface area contributed by atoms with Crippen molar-refractivity contribution in [3.05, 3.63) is 0 Å². The Bertz CT molecular complexity index is 1120. The number of alkyl carbamates (subject to hydrolysis) is 4. The van der Waals surface area contributed by atoms with Gasteiger partial charge in [0.1, 0.15) is 26.4 Å². The maximum Gasteiger partial charge on any atom is 0.407 e. The molecule has 0 aromatic carbocycles. The van der Waals surface area contributed by atoms with Crippen LogP contribution in [0.25, 0.3) is 0 Å². The number of hydrogen-bond donors (Lipinski definition) is 8. The van der Waals surface area contributed by atoms with Crippen molar-refractivity contribution in [2.24, 2.45) is 0 Å². The second-order valence-corrected chi connectivity index (χ2v) is 16.9. The predicted molar refractivity (Wildman–Crippen MR) is 225 cm³/mol. The van der Waals surface area contributed by atoms with Crippen molar-refractivity contribution in [2.45, 2.75) is 190 Å². The predicted octanol–water partition coefficient (Wildman–Crippen LogP) is 6.12. The van der Waals surface area contributed by atoms with Gasteiger partial charge in [0.05, 0.1) is 12.1 Å². The Kier molecular flexibility index (Phi) is 23.3. The minimum absolute atomic E-state index is 0.0754. The molecule has 0 radical (unpaired) electrons. The summed E-state index contributed by atoms with van der Waals surface area (Å²) in [4.78, 5) is 75.4. The summed E-state index contributed by atoms with van der Waals surface area (Å²) in [5, 5.41) is 22.7. The Morgan fingerprint density at radius 3 is 0.867 bits per heavy atom. The number of nitrogens with one attached hydrogen (secondary N) is 8. The third-order valence-corrected chi connectivity index (χ3v) is 11.7. The molecule has 0 aromatic rings. The summed E-state index contributed by atoms with van der Waals surface area (Å²) in [5.74, 6) is 0. The van der Waals surface area contributed by atoms with Crippen LogP contribution in [0, 0.1) is 0 Å². The molecule has 0 aliphatic heterocycles. The quantitative estimate of drug-likeness (QED) is 0.0487. The van der Waals surface area contributed by atoms with Gasteiger partial charge in [-0.25, -0.2) is 28.8 Å². The average molecular weight is 851 g/mol. The van der Waals surface area contributed by atoms with E-state index in [2.05, 4.69) is 42.5 Å². The van der Waals surface area contributed by atoms with Crippen LogP contribution in [0.5, 0.6) is 0 Å². The fraction of sp³-hybridized carbons (Fsp3) is 0.857. The average Bonchev–Trinajstić information content (AvgIpc) is 3.25. The minimum atomic E-state index is -0.744. The molecular formula is C42H74N8O10. The van der Waals surface area contributed by atoms with E-state index >= 15 is 0 Å². The number of urea groups is 2. The molecule has 4 saturated carbocycles. The van der Waals surface area contributed by atoms with Gasteiger partial charge in [-0.1, -0.05) is 89.9 Å². The van der Waals surface area contributed by atoms with Crippen LogP contribution in [0.15, 0.2) is 0 Å². The lowest BCUT2D eigenvalue weighted by molar-refractivity contribution is 0.0939. The van der Waals surface area contributed by atoms with Crippen LogP contribution in [0.1, 0.15) is 154 Å². The summed E-state index contributed by atoms with van der Waals surface area (Å²) in [6.07, 6.45) is 21.1. The van der Waals surface area contributed by atoms with Crippen LogP contribution in [0.4, 0.5) is 28.8 Å². The zero-order chi connectivity index (χ0) is 42.6. The lowest BCUT2D eigenvalue weighted by Crippen LogP contribution is -2.49. The molecule has 0 atom stereocenters. The summed E-state index contributed by atoms with van der Waals surface area (Å²) < 4.78 is 21.7. The van der Waals surface area contributed by atoms with Crippen molar-refractivity contribution in [1.82, 2.24) is 42.5 Å². The highest BCUT2D eigenvalue weighted by atomic mass is 16.6. The minimum Gasteiger partial charge on any atom is -0.447 e. The molecule has 8 amide bonds. The van der Waals surface area contributed by atoms with Crippen molar-refractivity contribution in [3.63, 3.8) is 0 Å². The molecule has 18 heteroatoms. The van der Waals surface area contributed by atoms with Gasteiger partial charge in [0, 0.05) is 37.3 Å². The molecule has 8 N–H and O–H groups in total. The molecule has 4 aliphatic carbocycles. The SMILES string of the molecule is O=C(NCCCCCCNC(=O)NC(COC(=O)NC1CCCCC1)COC(=O)NC1CCCCC1)NC(COC(=O)NC1CCCCC1)COC(=O)NC1CCCCC1. The van der Waals surface area contributed by atoms with Crippen molar-refractivity contribution < 1.29 is 47.7 Å². The lowest BCUT2D eigenvalue weighted by Gasteiger charge is -2.25. The van der Waals surface area contributed by atoms with E-state index < -0.39 is 48.5 Å². The zero-order valence-electron chi connectivity index (χ0n) is 35.8. The molecule has 0 bridgehead atoms. The summed E-state index contributed by atoms with van der Waals surface area (Å²) >= 11 is 0. The van der Waals surface area contributed by atoms with Gasteiger partial charge in [0.2, 0.25) is 0 Å². The van der Waals surface area contributed by atoms with Gasteiger partial charge in [-0.05, 0) is 64.2 Å². The maximum atomic E-state index is 12.8. The van der Waals surface area contributed by atoms with E-state index in [1.807, 2.05) is 0 Å². The highest BCUT2D eigenvalue weighted by Crippen LogP contribution is 2.20. The summed E-state index contributed by atoms with van der Waals surface area (Å²) in [7, 11) is 0. The second kappa shape index (κ2) is 29.0. The largest absolute Gasteiger partial charge is 0.447 e. The van der Waals surface area contributed by atoms with E-state index in [0.717, 1.165) is 141 Å². The first kappa shape index (κ1) is 48.3. The molecule has 0 heterocycles. The summed E-state index contributed by atoms with van der Waals surface area (Å²) in [5.41, 5.74) is 0. The summed E-state index contributed by atoms with van der Waals surface area (Å²) in [6, 6.07) is -2.12. The van der Waals surface area contributed by atoms with Gasteiger partial charge in [-0.2, -0.15) is 0 Å². The number of carbonyl (C=O) groups excluding carboxylic acids is 6. The van der Waals surface area contributed by atoms with Gasteiger partial charge < -0.3 is 61.5 Å². The first-order chi connectivity index (χ1) is 29.2. The van der Waals surface area contributed by atoms with Gasteiger partial charge in [0.25, 0.3) is 0 Å². The third kappa shape index (κ3) is 21.7. The molecular weight excluding hydrogens is 777 g/mol. The van der Waals surface area contributed by atoms with Crippen LogP contribution in [-0.4, -0.2) is 112 Å². The number of carbonyl (C=O) groups is 6. The Morgan fingerprint density at radius 2 is 0.617 bits per heavy atom. The summed E-state index contributed by atoms with van der Waals surface area (Å²) in [6.45, 7) is 0.155. The van der Waals surface area contributed by atoms with E-state index in [-0.39, 0.29) is 50.6 Å². The molecule has 4 aliphatic rings. The smallest absolute Gasteiger partial charge is 0.407 e. The standard InChI is InChI=1S/C42H74N8O10/c51-37(45-35(27-57-39(53)47-31-17-7-3-8-18-31)28-58-40(54)48-32-19-9-4-10-20-32)43-25-15-1-2-16-26-44-38(52)46-36(29-59-41(55)49-33-21-11-5-12-22-33)30-60-42(56)50-34-23-13-6-14-24-34/h31-36H,1-30H2,(H,47,53)(H,48,54)(H,49,55)(H,50,56)(H2,43,45,51)(H2,44,46,52). The molecule has 0 saturated heterocycles. The van der Waals surface area contributed by atoms with Gasteiger partial charge in [-0.15, -0.1) is 0 Å². The van der Waals surface area contributed by atoms with Gasteiger partial charge in [0.15, 0.2) is 0 Å². The molecule has 0 unspecified atom stereocenters. The fourth-order valence-corrected chi connectivity index (χ4v) is 8.27. The number of ether oxygens (including phenoxy) is 4. The molecule has 4 rings (SSSR count). The molecule has 0 spiro atoms. The zero-order valence-corrected chi connectivity index (χ0v) is 35.8. The molecule has 0 aromatic heterocycles. The number of unbranched alkanes of at least 4 members (excludes halogenated alkanes) is 3. The van der Waals surface area contributed by atoms with E-state index in [0.29, 0.717) is 25.9 Å². The van der Waals surface area contributed by atoms with Gasteiger partial charge in [-0.3, -0.25) is 0 Å². The molecule has 18 nitrogen and oxygen atoms in total. The maximum absolute atomic E-state index is 12.8. The highest BCUT2D eigenvalue weighted by Gasteiger charge is 2.24. The van der Waals surface area contributed by atoms with Crippen molar-refractivity contribution in [3.8, 4) is 0 Å². The van der Waals surface area contributed by atoms with Crippen LogP contribution in [-0.2, 0) is 18.9 Å².